The van der Waals surface area contributed by atoms with Crippen LogP contribution in [0.4, 0.5) is 5.95 Å². The maximum Gasteiger partial charge on any atom is 0.227 e. The topological polar surface area (TPSA) is 64.7 Å². The van der Waals surface area contributed by atoms with Gasteiger partial charge in [-0.25, -0.2) is 14.6 Å². The first-order valence-electron chi connectivity index (χ1n) is 7.89. The maximum absolute atomic E-state index is 4.69. The molecule has 7 heteroatoms. The normalized spacial score (nSPS) is 17.8. The van der Waals surface area contributed by atoms with Crippen molar-refractivity contribution in [3.63, 3.8) is 0 Å². The van der Waals surface area contributed by atoms with Crippen LogP contribution >= 0.6 is 0 Å². The van der Waals surface area contributed by atoms with Gasteiger partial charge in [0.1, 0.15) is 5.82 Å². The summed E-state index contributed by atoms with van der Waals surface area (Å²) in [6.07, 6.45) is 11.6. The molecule has 118 valence electrons. The molecule has 0 amide bonds. The van der Waals surface area contributed by atoms with Crippen LogP contribution in [0.1, 0.15) is 18.7 Å². The molecule has 3 aromatic rings. The van der Waals surface area contributed by atoms with Crippen molar-refractivity contribution in [2.24, 2.45) is 0 Å². The van der Waals surface area contributed by atoms with E-state index in [0.717, 1.165) is 43.5 Å². The first-order valence-corrected chi connectivity index (χ1v) is 7.89. The minimum atomic E-state index is 0.399. The summed E-state index contributed by atoms with van der Waals surface area (Å²) in [5, 5.41) is 4.24. The van der Waals surface area contributed by atoms with E-state index in [9.17, 15) is 0 Å². The first-order chi connectivity index (χ1) is 11.3. The van der Waals surface area contributed by atoms with E-state index in [2.05, 4.69) is 29.5 Å². The molecule has 7 nitrogen and oxygen atoms in total. The summed E-state index contributed by atoms with van der Waals surface area (Å²) in [5.74, 6) is 2.62. The monoisotopic (exact) mass is 309 g/mol. The molecule has 0 aliphatic carbocycles. The number of nitrogens with zero attached hydrogens (tertiary/aromatic N) is 7. The lowest BCUT2D eigenvalue weighted by Gasteiger charge is -2.25. The Morgan fingerprint density at radius 3 is 2.91 bits per heavy atom. The minimum absolute atomic E-state index is 0.399. The van der Waals surface area contributed by atoms with E-state index >= 15 is 0 Å². The highest BCUT2D eigenvalue weighted by molar-refractivity contribution is 5.37. The molecule has 0 aromatic carbocycles. The number of aromatic nitrogens is 6. The lowest BCUT2D eigenvalue weighted by molar-refractivity contribution is 0.535. The first kappa shape index (κ1) is 13.9. The van der Waals surface area contributed by atoms with Crippen molar-refractivity contribution in [2.75, 3.05) is 11.4 Å². The molecule has 0 saturated carbocycles. The van der Waals surface area contributed by atoms with Gasteiger partial charge in [-0.1, -0.05) is 0 Å². The van der Waals surface area contributed by atoms with Crippen molar-refractivity contribution in [1.29, 1.82) is 0 Å². The van der Waals surface area contributed by atoms with Gasteiger partial charge in [-0.05, 0) is 25.8 Å². The summed E-state index contributed by atoms with van der Waals surface area (Å²) in [6.45, 7) is 3.94. The van der Waals surface area contributed by atoms with E-state index in [1.165, 1.54) is 0 Å². The third-order valence-electron chi connectivity index (χ3n) is 4.33. The van der Waals surface area contributed by atoms with Gasteiger partial charge in [-0.2, -0.15) is 10.1 Å². The second-order valence-electron chi connectivity index (χ2n) is 5.78. The zero-order valence-corrected chi connectivity index (χ0v) is 13.1. The van der Waals surface area contributed by atoms with E-state index in [-0.39, 0.29) is 0 Å². The Bertz CT molecular complexity index is 777. The highest BCUT2D eigenvalue weighted by Gasteiger charge is 2.27. The average Bonchev–Trinajstić information content (AvgIpc) is 3.31. The second kappa shape index (κ2) is 5.83. The number of anilines is 1. The summed E-state index contributed by atoms with van der Waals surface area (Å²) in [5.41, 5.74) is 0. The minimum Gasteiger partial charge on any atom is -0.336 e. The van der Waals surface area contributed by atoms with Crippen molar-refractivity contribution < 1.29 is 0 Å². The van der Waals surface area contributed by atoms with Gasteiger partial charge < -0.3 is 9.47 Å². The lowest BCUT2D eigenvalue weighted by Crippen LogP contribution is -2.34. The Balaban J connectivity index is 1.59. The highest BCUT2D eigenvalue weighted by Crippen LogP contribution is 2.24. The van der Waals surface area contributed by atoms with Gasteiger partial charge in [0, 0.05) is 56.2 Å². The second-order valence-corrected chi connectivity index (χ2v) is 5.78. The van der Waals surface area contributed by atoms with Crippen LogP contribution in [0.5, 0.6) is 0 Å². The van der Waals surface area contributed by atoms with E-state index in [1.54, 1.807) is 17.1 Å². The Hall–Kier alpha value is -2.70. The molecule has 23 heavy (non-hydrogen) atoms. The quantitative estimate of drug-likeness (QED) is 0.736. The van der Waals surface area contributed by atoms with Crippen LogP contribution in [0, 0.1) is 6.92 Å². The average molecular weight is 309 g/mol. The molecule has 4 heterocycles. The standard InChI is InChI=1S/C16H19N7/c1-13-17-8-11-21(13)12-14-4-2-9-22(14)16-18-7-5-15(20-16)23-10-3-6-19-23/h3,5-8,10-11,14H,2,4,9,12H2,1H3. The molecule has 0 N–H and O–H groups in total. The van der Waals surface area contributed by atoms with Crippen molar-refractivity contribution in [3.8, 4) is 5.82 Å². The van der Waals surface area contributed by atoms with Crippen molar-refractivity contribution in [1.82, 2.24) is 29.3 Å². The van der Waals surface area contributed by atoms with Crippen molar-refractivity contribution >= 4 is 5.95 Å². The third-order valence-corrected chi connectivity index (χ3v) is 4.33. The number of hydrogen-bond donors (Lipinski definition) is 0. The molecule has 3 aromatic heterocycles. The van der Waals surface area contributed by atoms with Crippen molar-refractivity contribution in [3.05, 3.63) is 48.9 Å². The molecule has 0 spiro atoms. The molecule has 1 aliphatic heterocycles. The van der Waals surface area contributed by atoms with Gasteiger partial charge in [0.25, 0.3) is 0 Å². The Morgan fingerprint density at radius 1 is 1.17 bits per heavy atom. The molecular weight excluding hydrogens is 290 g/mol. The third kappa shape index (κ3) is 2.69. The zero-order valence-electron chi connectivity index (χ0n) is 13.1. The van der Waals surface area contributed by atoms with E-state index in [1.807, 2.05) is 37.6 Å². The number of rotatable bonds is 4. The molecule has 1 saturated heterocycles. The summed E-state index contributed by atoms with van der Waals surface area (Å²) in [6, 6.07) is 4.17. The van der Waals surface area contributed by atoms with Crippen LogP contribution < -0.4 is 4.90 Å². The number of hydrogen-bond acceptors (Lipinski definition) is 5. The summed E-state index contributed by atoms with van der Waals surface area (Å²) in [4.78, 5) is 15.8. The smallest absolute Gasteiger partial charge is 0.227 e. The van der Waals surface area contributed by atoms with Crippen molar-refractivity contribution in [2.45, 2.75) is 32.4 Å². The fourth-order valence-corrected chi connectivity index (χ4v) is 3.12. The van der Waals surface area contributed by atoms with Gasteiger partial charge in [0.2, 0.25) is 5.95 Å². The molecular formula is C16H19N7. The van der Waals surface area contributed by atoms with Gasteiger partial charge >= 0.3 is 0 Å². The van der Waals surface area contributed by atoms with Crippen LogP contribution in [-0.2, 0) is 6.54 Å². The molecule has 0 bridgehead atoms. The molecule has 0 radical (unpaired) electrons. The van der Waals surface area contributed by atoms with Gasteiger partial charge in [0.05, 0.1) is 0 Å². The Labute approximate surface area is 134 Å². The predicted octanol–water partition coefficient (Wildman–Crippen LogP) is 1.84. The lowest BCUT2D eigenvalue weighted by atomic mass is 10.2. The van der Waals surface area contributed by atoms with Gasteiger partial charge in [0.15, 0.2) is 5.82 Å². The maximum atomic E-state index is 4.69. The number of imidazole rings is 1. The molecule has 1 fully saturated rings. The van der Waals surface area contributed by atoms with Gasteiger partial charge in [-0.3, -0.25) is 0 Å². The fourth-order valence-electron chi connectivity index (χ4n) is 3.12. The van der Waals surface area contributed by atoms with Crippen LogP contribution in [-0.4, -0.2) is 41.9 Å². The van der Waals surface area contributed by atoms with Crippen LogP contribution in [0.3, 0.4) is 0 Å². The van der Waals surface area contributed by atoms with Crippen LogP contribution in [0.2, 0.25) is 0 Å². The van der Waals surface area contributed by atoms with E-state index < -0.39 is 0 Å². The van der Waals surface area contributed by atoms with Crippen LogP contribution in [0.25, 0.3) is 5.82 Å². The summed E-state index contributed by atoms with van der Waals surface area (Å²) < 4.78 is 3.95. The predicted molar refractivity (Wildman–Crippen MR) is 86.5 cm³/mol. The SMILES string of the molecule is Cc1nccn1CC1CCCN1c1nccc(-n2cccn2)n1. The molecule has 1 atom stereocenters. The fraction of sp³-hybridized carbons (Fsp3) is 0.375. The molecule has 4 rings (SSSR count). The Kier molecular flexibility index (Phi) is 3.53. The molecule has 1 unspecified atom stereocenters. The Morgan fingerprint density at radius 2 is 2.13 bits per heavy atom. The molecule has 1 aliphatic rings. The largest absolute Gasteiger partial charge is 0.336 e. The zero-order chi connectivity index (χ0) is 15.6. The highest BCUT2D eigenvalue weighted by atomic mass is 15.3. The number of aryl methyl sites for hydroxylation is 1. The summed E-state index contributed by atoms with van der Waals surface area (Å²) >= 11 is 0. The summed E-state index contributed by atoms with van der Waals surface area (Å²) in [7, 11) is 0. The van der Waals surface area contributed by atoms with E-state index in [0.29, 0.717) is 6.04 Å². The van der Waals surface area contributed by atoms with Gasteiger partial charge in [-0.15, -0.1) is 0 Å². The van der Waals surface area contributed by atoms with Crippen LogP contribution in [0.15, 0.2) is 43.1 Å². The van der Waals surface area contributed by atoms with E-state index in [4.69, 9.17) is 0 Å².